The van der Waals surface area contributed by atoms with E-state index in [1.165, 1.54) is 17.2 Å². The minimum absolute atomic E-state index is 0. The van der Waals surface area contributed by atoms with E-state index in [1.807, 2.05) is 18.2 Å². The van der Waals surface area contributed by atoms with E-state index in [0.29, 0.717) is 35.4 Å². The highest BCUT2D eigenvalue weighted by Crippen LogP contribution is 2.31. The number of hydrogen-bond acceptors (Lipinski definition) is 7. The zero-order valence-corrected chi connectivity index (χ0v) is 21.3. The lowest BCUT2D eigenvalue weighted by molar-refractivity contribution is 0.176. The third kappa shape index (κ3) is 7.70. The zero-order chi connectivity index (χ0) is 23.2. The van der Waals surface area contributed by atoms with Crippen molar-refractivity contribution in [3.63, 3.8) is 0 Å². The predicted molar refractivity (Wildman–Crippen MR) is 145 cm³/mol. The Hall–Kier alpha value is -2.59. The largest absolute Gasteiger partial charge is 0.508 e. The summed E-state index contributed by atoms with van der Waals surface area (Å²) in [7, 11) is 0. The number of aromatic hydroxyl groups is 2. The number of benzene rings is 3. The Labute approximate surface area is 219 Å². The van der Waals surface area contributed by atoms with Crippen molar-refractivity contribution in [2.45, 2.75) is 25.6 Å². The molecule has 0 radical (unpaired) electrons. The molecule has 4 rings (SSSR count). The van der Waals surface area contributed by atoms with Crippen molar-refractivity contribution in [1.82, 2.24) is 15.6 Å². The molecule has 0 aliphatic rings. The first-order valence-electron chi connectivity index (χ1n) is 10.8. The lowest BCUT2D eigenvalue weighted by atomic mass is 10.1. The fourth-order valence-corrected chi connectivity index (χ4v) is 4.71. The van der Waals surface area contributed by atoms with Gasteiger partial charge in [-0.25, -0.2) is 0 Å². The van der Waals surface area contributed by atoms with Crippen molar-refractivity contribution in [1.29, 1.82) is 0 Å². The van der Waals surface area contributed by atoms with E-state index in [-0.39, 0.29) is 41.2 Å². The first kappa shape index (κ1) is 28.6. The van der Waals surface area contributed by atoms with Gasteiger partial charge in [-0.05, 0) is 47.9 Å². The molecule has 0 fully saturated rings. The fourth-order valence-electron chi connectivity index (χ4n) is 3.80. The Balaban J connectivity index is 0.00000216. The quantitative estimate of drug-likeness (QED) is 0.170. The highest BCUT2D eigenvalue weighted by Gasteiger charge is 2.15. The molecule has 1 aromatic heterocycles. The monoisotopic (exact) mass is 537 g/mol. The Kier molecular flexibility index (Phi) is 11.0. The maximum absolute atomic E-state index is 11.7. The van der Waals surface area contributed by atoms with E-state index in [0.717, 1.165) is 29.9 Å². The minimum atomic E-state index is -0.785. The van der Waals surface area contributed by atoms with Gasteiger partial charge in [0.15, 0.2) is 0 Å². The van der Waals surface area contributed by atoms with Gasteiger partial charge in [0.05, 0.1) is 10.8 Å². The number of aromatic nitrogens is 1. The van der Waals surface area contributed by atoms with Crippen LogP contribution in [0, 0.1) is 0 Å². The van der Waals surface area contributed by atoms with Crippen LogP contribution < -0.4 is 15.5 Å². The molecule has 1 heterocycles. The lowest BCUT2D eigenvalue weighted by Gasteiger charge is -2.14. The van der Waals surface area contributed by atoms with E-state index in [4.69, 9.17) is 0 Å². The number of phenolic OH excluding ortho intramolecular Hbond substituents is 2. The predicted octanol–water partition coefficient (Wildman–Crippen LogP) is 4.00. The molecule has 4 aromatic rings. The molecule has 0 saturated heterocycles. The highest BCUT2D eigenvalue weighted by atomic mass is 35.5. The van der Waals surface area contributed by atoms with Crippen LogP contribution >= 0.6 is 36.2 Å². The third-order valence-corrected chi connectivity index (χ3v) is 6.37. The summed E-state index contributed by atoms with van der Waals surface area (Å²) >= 11 is 0.987. The zero-order valence-electron chi connectivity index (χ0n) is 18.9. The van der Waals surface area contributed by atoms with Crippen LogP contribution in [0.3, 0.4) is 0 Å². The van der Waals surface area contributed by atoms with Crippen LogP contribution in [-0.2, 0) is 19.5 Å². The van der Waals surface area contributed by atoms with Gasteiger partial charge in [-0.3, -0.25) is 4.79 Å². The molecule has 188 valence electrons. The van der Waals surface area contributed by atoms with Gasteiger partial charge in [0.25, 0.3) is 0 Å². The second kappa shape index (κ2) is 13.5. The number of thiazole rings is 1. The maximum Gasteiger partial charge on any atom is 0.305 e. The molecule has 0 saturated carbocycles. The second-order valence-corrected chi connectivity index (χ2v) is 8.94. The van der Waals surface area contributed by atoms with Gasteiger partial charge in [-0.15, -0.1) is 24.8 Å². The SMILES string of the molecule is Cl.Cl.O=c1[nH]c2c(O)ccc(C(O)CNCCc3cccc(CNCc4cccc(O)c4)c3)c2s1. The van der Waals surface area contributed by atoms with Crippen LogP contribution in [0.5, 0.6) is 11.5 Å². The van der Waals surface area contributed by atoms with Gasteiger partial charge in [0.1, 0.15) is 17.0 Å². The standard InChI is InChI=1S/C25H27N3O4S.2ClH/c29-19-6-2-5-18(12-19)14-27-13-17-4-1-3-16(11-17)9-10-26-15-22(31)20-7-8-21(30)23-24(20)33-25(32)28-23;;/h1-8,11-12,22,26-27,29-31H,9-10,13-15H2,(H,28,32);2*1H. The van der Waals surface area contributed by atoms with Crippen molar-refractivity contribution in [3.8, 4) is 11.5 Å². The number of rotatable bonds is 10. The first-order chi connectivity index (χ1) is 16.0. The molecule has 3 aromatic carbocycles. The van der Waals surface area contributed by atoms with Crippen molar-refractivity contribution >= 4 is 46.4 Å². The number of hydrogen-bond donors (Lipinski definition) is 6. The third-order valence-electron chi connectivity index (χ3n) is 5.44. The van der Waals surface area contributed by atoms with Crippen molar-refractivity contribution < 1.29 is 15.3 Å². The van der Waals surface area contributed by atoms with Crippen molar-refractivity contribution in [3.05, 3.63) is 92.6 Å². The molecule has 1 unspecified atom stereocenters. The summed E-state index contributed by atoms with van der Waals surface area (Å²) in [4.78, 5) is 14.0. The number of H-pyrrole nitrogens is 1. The molecule has 0 bridgehead atoms. The van der Waals surface area contributed by atoms with E-state index >= 15 is 0 Å². The van der Waals surface area contributed by atoms with Gasteiger partial charge >= 0.3 is 4.87 Å². The normalized spacial score (nSPS) is 11.6. The second-order valence-electron chi connectivity index (χ2n) is 7.96. The molecule has 0 aliphatic carbocycles. The number of halogens is 2. The van der Waals surface area contributed by atoms with E-state index in [2.05, 4.69) is 33.8 Å². The summed E-state index contributed by atoms with van der Waals surface area (Å²) in [6, 6.07) is 18.7. The van der Waals surface area contributed by atoms with Gasteiger partial charge in [-0.2, -0.15) is 0 Å². The summed E-state index contributed by atoms with van der Waals surface area (Å²) in [5.74, 6) is 0.274. The Morgan fingerprint density at radius 3 is 2.31 bits per heavy atom. The molecule has 0 spiro atoms. The molecular formula is C25H29Cl2N3O4S. The van der Waals surface area contributed by atoms with Crippen LogP contribution in [0.4, 0.5) is 0 Å². The number of nitrogens with one attached hydrogen (secondary N) is 3. The van der Waals surface area contributed by atoms with Crippen LogP contribution in [-0.4, -0.2) is 33.4 Å². The van der Waals surface area contributed by atoms with Crippen LogP contribution in [0.1, 0.15) is 28.4 Å². The van der Waals surface area contributed by atoms with Gasteiger partial charge in [0, 0.05) is 25.2 Å². The highest BCUT2D eigenvalue weighted by molar-refractivity contribution is 7.16. The maximum atomic E-state index is 11.7. The van der Waals surface area contributed by atoms with Crippen LogP contribution in [0.15, 0.2) is 65.5 Å². The lowest BCUT2D eigenvalue weighted by Crippen LogP contribution is -2.24. The van der Waals surface area contributed by atoms with Crippen LogP contribution in [0.25, 0.3) is 10.2 Å². The summed E-state index contributed by atoms with van der Waals surface area (Å²) < 4.78 is 0.584. The molecule has 1 atom stereocenters. The molecule has 0 amide bonds. The van der Waals surface area contributed by atoms with Crippen molar-refractivity contribution in [2.24, 2.45) is 0 Å². The molecule has 0 aliphatic heterocycles. The first-order valence-corrected chi connectivity index (χ1v) is 11.6. The number of fused-ring (bicyclic) bond motifs is 1. The minimum Gasteiger partial charge on any atom is -0.508 e. The molecule has 6 N–H and O–H groups in total. The van der Waals surface area contributed by atoms with E-state index < -0.39 is 6.10 Å². The number of phenols is 2. The number of aliphatic hydroxyl groups is 1. The molecule has 35 heavy (non-hydrogen) atoms. The summed E-state index contributed by atoms with van der Waals surface area (Å²) in [5, 5.41) is 36.7. The molecule has 10 heteroatoms. The number of aliphatic hydroxyl groups excluding tert-OH is 1. The summed E-state index contributed by atoms with van der Waals surface area (Å²) in [6.45, 7) is 2.45. The average Bonchev–Trinajstić information content (AvgIpc) is 3.19. The topological polar surface area (TPSA) is 118 Å². The van der Waals surface area contributed by atoms with E-state index in [1.54, 1.807) is 18.2 Å². The Morgan fingerprint density at radius 1 is 0.886 bits per heavy atom. The summed E-state index contributed by atoms with van der Waals surface area (Å²) in [5.41, 5.74) is 4.41. The molecule has 7 nitrogen and oxygen atoms in total. The Bertz CT molecular complexity index is 1300. The van der Waals surface area contributed by atoms with Gasteiger partial charge < -0.3 is 30.9 Å². The summed E-state index contributed by atoms with van der Waals surface area (Å²) in [6.07, 6.45) is 0.0304. The number of aromatic amines is 1. The molecular weight excluding hydrogens is 509 g/mol. The van der Waals surface area contributed by atoms with Crippen LogP contribution in [0.2, 0.25) is 0 Å². The van der Waals surface area contributed by atoms with Gasteiger partial charge in [0.2, 0.25) is 0 Å². The van der Waals surface area contributed by atoms with Crippen molar-refractivity contribution in [2.75, 3.05) is 13.1 Å². The van der Waals surface area contributed by atoms with E-state index in [9.17, 15) is 20.1 Å². The van der Waals surface area contributed by atoms with Gasteiger partial charge in [-0.1, -0.05) is 53.8 Å². The average molecular weight is 538 g/mol. The fraction of sp³-hybridized carbons (Fsp3) is 0.240. The smallest absolute Gasteiger partial charge is 0.305 e. The Morgan fingerprint density at radius 2 is 1.57 bits per heavy atom.